The fourth-order valence-corrected chi connectivity index (χ4v) is 2.62. The molecule has 1 heterocycles. The first-order valence-corrected chi connectivity index (χ1v) is 7.95. The van der Waals surface area contributed by atoms with Crippen molar-refractivity contribution in [3.63, 3.8) is 0 Å². The monoisotopic (exact) mass is 340 g/mol. The maximum absolute atomic E-state index is 14.3. The molecule has 0 spiro atoms. The number of hydrogen-bond donors (Lipinski definition) is 2. The first-order valence-electron chi connectivity index (χ1n) is 7.95. The molecular formula is C20H18F2N2O. The summed E-state index contributed by atoms with van der Waals surface area (Å²) in [5, 5.41) is 12.2. The van der Waals surface area contributed by atoms with E-state index in [1.165, 1.54) is 12.1 Å². The lowest BCUT2D eigenvalue weighted by Crippen LogP contribution is -2.14. The Hall–Kier alpha value is -2.63. The molecule has 3 aromatic rings. The van der Waals surface area contributed by atoms with Crippen LogP contribution in [0.15, 0.2) is 60.9 Å². The molecule has 128 valence electrons. The van der Waals surface area contributed by atoms with E-state index in [-0.39, 0.29) is 18.0 Å². The molecule has 5 heteroatoms. The summed E-state index contributed by atoms with van der Waals surface area (Å²) in [4.78, 5) is 3.96. The molecule has 0 amide bonds. The van der Waals surface area contributed by atoms with Gasteiger partial charge in [-0.3, -0.25) is 4.98 Å². The molecule has 0 saturated carbocycles. The fourth-order valence-electron chi connectivity index (χ4n) is 2.62. The quantitative estimate of drug-likeness (QED) is 0.717. The van der Waals surface area contributed by atoms with Gasteiger partial charge in [-0.1, -0.05) is 18.2 Å². The lowest BCUT2D eigenvalue weighted by atomic mass is 10.0. The van der Waals surface area contributed by atoms with Crippen LogP contribution in [0.25, 0.3) is 11.1 Å². The standard InChI is InChI=1S/C20H18F2N2O/c21-19-4-1-14(9-18(19)13-25)11-24-12-17-3-2-16(10-20(17)22)15-5-7-23-8-6-15/h1-10,24-25H,11-13H2. The van der Waals surface area contributed by atoms with Gasteiger partial charge >= 0.3 is 0 Å². The van der Waals surface area contributed by atoms with Crippen LogP contribution in [0.3, 0.4) is 0 Å². The van der Waals surface area contributed by atoms with Crippen molar-refractivity contribution in [3.05, 3.63) is 89.2 Å². The van der Waals surface area contributed by atoms with Crippen LogP contribution in [0.4, 0.5) is 8.78 Å². The summed E-state index contributed by atoms with van der Waals surface area (Å²) in [7, 11) is 0. The van der Waals surface area contributed by atoms with E-state index in [0.717, 1.165) is 16.7 Å². The third kappa shape index (κ3) is 4.26. The van der Waals surface area contributed by atoms with Crippen molar-refractivity contribution in [2.45, 2.75) is 19.7 Å². The summed E-state index contributed by atoms with van der Waals surface area (Å²) >= 11 is 0. The SMILES string of the molecule is OCc1cc(CNCc2ccc(-c3ccncc3)cc2F)ccc1F. The largest absolute Gasteiger partial charge is 0.392 e. The van der Waals surface area contributed by atoms with Gasteiger partial charge in [0.25, 0.3) is 0 Å². The highest BCUT2D eigenvalue weighted by Gasteiger charge is 2.06. The first-order chi connectivity index (χ1) is 12.2. The van der Waals surface area contributed by atoms with Gasteiger partial charge in [0.2, 0.25) is 0 Å². The van der Waals surface area contributed by atoms with Crippen LogP contribution in [0.2, 0.25) is 0 Å². The Morgan fingerprint density at radius 2 is 1.60 bits per heavy atom. The Kier molecular flexibility index (Phi) is 5.48. The van der Waals surface area contributed by atoms with Crippen molar-refractivity contribution in [1.82, 2.24) is 10.3 Å². The van der Waals surface area contributed by atoms with Gasteiger partial charge in [-0.05, 0) is 47.0 Å². The molecule has 2 aromatic carbocycles. The van der Waals surface area contributed by atoms with Crippen LogP contribution in [-0.4, -0.2) is 10.1 Å². The third-order valence-corrected chi connectivity index (χ3v) is 3.99. The molecule has 25 heavy (non-hydrogen) atoms. The molecule has 0 aliphatic rings. The maximum atomic E-state index is 14.3. The van der Waals surface area contributed by atoms with Crippen LogP contribution in [0, 0.1) is 11.6 Å². The molecule has 1 aromatic heterocycles. The Labute approximate surface area is 145 Å². The van der Waals surface area contributed by atoms with Gasteiger partial charge in [0.05, 0.1) is 6.61 Å². The number of pyridine rings is 1. The minimum atomic E-state index is -0.427. The van der Waals surface area contributed by atoms with Crippen LogP contribution < -0.4 is 5.32 Å². The number of aliphatic hydroxyl groups excluding tert-OH is 1. The summed E-state index contributed by atoms with van der Waals surface area (Å²) < 4.78 is 27.6. The topological polar surface area (TPSA) is 45.1 Å². The van der Waals surface area contributed by atoms with Gasteiger partial charge in [0.1, 0.15) is 11.6 Å². The second kappa shape index (κ2) is 7.96. The molecule has 2 N–H and O–H groups in total. The summed E-state index contributed by atoms with van der Waals surface area (Å²) in [6, 6.07) is 13.4. The summed E-state index contributed by atoms with van der Waals surface area (Å²) in [5.41, 5.74) is 3.36. The highest BCUT2D eigenvalue weighted by Crippen LogP contribution is 2.21. The molecule has 0 saturated heterocycles. The van der Waals surface area contributed by atoms with Crippen molar-refractivity contribution in [2.75, 3.05) is 0 Å². The zero-order chi connectivity index (χ0) is 17.6. The van der Waals surface area contributed by atoms with Gasteiger partial charge in [0, 0.05) is 36.6 Å². The summed E-state index contributed by atoms with van der Waals surface area (Å²) in [6.07, 6.45) is 3.35. The maximum Gasteiger partial charge on any atom is 0.128 e. The zero-order valence-electron chi connectivity index (χ0n) is 13.5. The number of rotatable bonds is 6. The molecule has 0 aliphatic carbocycles. The number of benzene rings is 2. The van der Waals surface area contributed by atoms with Gasteiger partial charge in [-0.2, -0.15) is 0 Å². The molecule has 3 nitrogen and oxygen atoms in total. The van der Waals surface area contributed by atoms with Gasteiger partial charge in [-0.15, -0.1) is 0 Å². The number of hydrogen-bond acceptors (Lipinski definition) is 3. The smallest absolute Gasteiger partial charge is 0.128 e. The van der Waals surface area contributed by atoms with Crippen molar-refractivity contribution >= 4 is 0 Å². The second-order valence-corrected chi connectivity index (χ2v) is 5.73. The van der Waals surface area contributed by atoms with Gasteiger partial charge in [0.15, 0.2) is 0 Å². The third-order valence-electron chi connectivity index (χ3n) is 3.99. The Balaban J connectivity index is 1.64. The van der Waals surface area contributed by atoms with E-state index in [4.69, 9.17) is 5.11 Å². The zero-order valence-corrected chi connectivity index (χ0v) is 13.5. The Bertz CT molecular complexity index is 854. The van der Waals surface area contributed by atoms with E-state index in [1.54, 1.807) is 30.6 Å². The van der Waals surface area contributed by atoms with Gasteiger partial charge in [-0.25, -0.2) is 8.78 Å². The lowest BCUT2D eigenvalue weighted by Gasteiger charge is -2.09. The molecule has 0 unspecified atom stereocenters. The van der Waals surface area contributed by atoms with Crippen molar-refractivity contribution in [2.24, 2.45) is 0 Å². The summed E-state index contributed by atoms with van der Waals surface area (Å²) in [5.74, 6) is -0.707. The van der Waals surface area contributed by atoms with Gasteiger partial charge < -0.3 is 10.4 Å². The number of aliphatic hydroxyl groups is 1. The first kappa shape index (κ1) is 17.2. The van der Waals surface area contributed by atoms with Crippen molar-refractivity contribution in [3.8, 4) is 11.1 Å². The number of halogens is 2. The van der Waals surface area contributed by atoms with E-state index in [1.807, 2.05) is 18.2 Å². The van der Waals surface area contributed by atoms with Crippen LogP contribution in [-0.2, 0) is 19.7 Å². The number of nitrogens with one attached hydrogen (secondary N) is 1. The van der Waals surface area contributed by atoms with Crippen molar-refractivity contribution in [1.29, 1.82) is 0 Å². The molecular weight excluding hydrogens is 322 g/mol. The normalized spacial score (nSPS) is 10.8. The number of nitrogens with zero attached hydrogens (tertiary/aromatic N) is 1. The van der Waals surface area contributed by atoms with E-state index < -0.39 is 5.82 Å². The average molecular weight is 340 g/mol. The van der Waals surface area contributed by atoms with E-state index in [9.17, 15) is 8.78 Å². The Morgan fingerprint density at radius 1 is 0.800 bits per heavy atom. The van der Waals surface area contributed by atoms with Crippen molar-refractivity contribution < 1.29 is 13.9 Å². The van der Waals surface area contributed by atoms with Crippen LogP contribution in [0.5, 0.6) is 0 Å². The highest BCUT2D eigenvalue weighted by atomic mass is 19.1. The lowest BCUT2D eigenvalue weighted by molar-refractivity contribution is 0.275. The Morgan fingerprint density at radius 3 is 2.32 bits per heavy atom. The molecule has 3 rings (SSSR count). The highest BCUT2D eigenvalue weighted by molar-refractivity contribution is 5.63. The van der Waals surface area contributed by atoms with Crippen LogP contribution in [0.1, 0.15) is 16.7 Å². The minimum Gasteiger partial charge on any atom is -0.392 e. The predicted octanol–water partition coefficient (Wildman–Crippen LogP) is 3.81. The van der Waals surface area contributed by atoms with Crippen LogP contribution >= 0.6 is 0 Å². The minimum absolute atomic E-state index is 0.257. The van der Waals surface area contributed by atoms with E-state index in [0.29, 0.717) is 18.7 Å². The summed E-state index contributed by atoms with van der Waals surface area (Å²) in [6.45, 7) is 0.470. The van der Waals surface area contributed by atoms with E-state index in [2.05, 4.69) is 10.3 Å². The number of aromatic nitrogens is 1. The molecule has 0 radical (unpaired) electrons. The second-order valence-electron chi connectivity index (χ2n) is 5.73. The molecule has 0 bridgehead atoms. The molecule has 0 atom stereocenters. The molecule has 0 aliphatic heterocycles. The molecule has 0 fully saturated rings. The fraction of sp³-hybridized carbons (Fsp3) is 0.150. The van der Waals surface area contributed by atoms with E-state index >= 15 is 0 Å². The predicted molar refractivity (Wildman–Crippen MR) is 92.5 cm³/mol. The average Bonchev–Trinajstić information content (AvgIpc) is 2.65.